The van der Waals surface area contributed by atoms with E-state index in [1.165, 1.54) is 29.8 Å². The number of aromatic nitrogens is 1. The molecule has 126 valence electrons. The first-order chi connectivity index (χ1) is 11.9. The SMILES string of the molecule is CC(=O)n1cc(C(=O)Nc2ccc(Br)cc2C(=O)O)c2ccccc21. The van der Waals surface area contributed by atoms with Gasteiger partial charge in [-0.25, -0.2) is 4.79 Å². The lowest BCUT2D eigenvalue weighted by atomic mass is 10.1. The number of carbonyl (C=O) groups excluding carboxylic acids is 2. The lowest BCUT2D eigenvalue weighted by Gasteiger charge is -2.08. The summed E-state index contributed by atoms with van der Waals surface area (Å²) in [5.41, 5.74) is 1.07. The van der Waals surface area contributed by atoms with Crippen LogP contribution in [0.1, 0.15) is 32.4 Å². The molecule has 2 N–H and O–H groups in total. The maximum Gasteiger partial charge on any atom is 0.337 e. The van der Waals surface area contributed by atoms with Gasteiger partial charge in [-0.05, 0) is 24.3 Å². The number of carbonyl (C=O) groups is 3. The minimum atomic E-state index is -1.15. The van der Waals surface area contributed by atoms with E-state index in [1.807, 2.05) is 0 Å². The van der Waals surface area contributed by atoms with Gasteiger partial charge in [0.15, 0.2) is 0 Å². The molecule has 0 radical (unpaired) electrons. The number of amides is 1. The van der Waals surface area contributed by atoms with Gasteiger partial charge in [0.2, 0.25) is 5.91 Å². The third-order valence-corrected chi connectivity index (χ3v) is 4.25. The van der Waals surface area contributed by atoms with Gasteiger partial charge >= 0.3 is 5.97 Å². The van der Waals surface area contributed by atoms with Gasteiger partial charge in [0, 0.05) is 23.0 Å². The fourth-order valence-corrected chi connectivity index (χ4v) is 2.97. The molecule has 0 atom stereocenters. The highest BCUT2D eigenvalue weighted by Crippen LogP contribution is 2.25. The average molecular weight is 401 g/mol. The Balaban J connectivity index is 2.05. The zero-order valence-corrected chi connectivity index (χ0v) is 14.7. The third-order valence-electron chi connectivity index (χ3n) is 3.76. The number of rotatable bonds is 3. The number of hydrogen-bond acceptors (Lipinski definition) is 3. The van der Waals surface area contributed by atoms with Gasteiger partial charge < -0.3 is 10.4 Å². The fraction of sp³-hybridized carbons (Fsp3) is 0.0556. The van der Waals surface area contributed by atoms with Crippen LogP contribution in [0, 0.1) is 0 Å². The second kappa shape index (κ2) is 6.52. The number of fused-ring (bicyclic) bond motifs is 1. The molecule has 3 aromatic rings. The van der Waals surface area contributed by atoms with E-state index in [9.17, 15) is 19.5 Å². The topological polar surface area (TPSA) is 88.4 Å². The predicted octanol–water partition coefficient (Wildman–Crippen LogP) is 4.01. The van der Waals surface area contributed by atoms with Crippen molar-refractivity contribution in [2.75, 3.05) is 5.32 Å². The Morgan fingerprint density at radius 1 is 1.08 bits per heavy atom. The second-order valence-corrected chi connectivity index (χ2v) is 6.31. The molecule has 0 bridgehead atoms. The largest absolute Gasteiger partial charge is 0.478 e. The van der Waals surface area contributed by atoms with Crippen molar-refractivity contribution in [3.63, 3.8) is 0 Å². The molecule has 0 saturated carbocycles. The van der Waals surface area contributed by atoms with E-state index in [2.05, 4.69) is 21.2 Å². The Kier molecular flexibility index (Phi) is 4.41. The maximum absolute atomic E-state index is 12.7. The highest BCUT2D eigenvalue weighted by molar-refractivity contribution is 9.10. The number of nitrogens with zero attached hydrogens (tertiary/aromatic N) is 1. The molecule has 0 fully saturated rings. The second-order valence-electron chi connectivity index (χ2n) is 5.40. The van der Waals surface area contributed by atoms with Crippen LogP contribution in [-0.4, -0.2) is 27.5 Å². The van der Waals surface area contributed by atoms with Crippen LogP contribution in [-0.2, 0) is 0 Å². The summed E-state index contributed by atoms with van der Waals surface area (Å²) < 4.78 is 1.99. The molecule has 1 amide bonds. The van der Waals surface area contributed by atoms with Crippen LogP contribution < -0.4 is 5.32 Å². The third kappa shape index (κ3) is 3.18. The molecular weight excluding hydrogens is 388 g/mol. The summed E-state index contributed by atoms with van der Waals surface area (Å²) in [6, 6.07) is 11.6. The fourth-order valence-electron chi connectivity index (χ4n) is 2.61. The lowest BCUT2D eigenvalue weighted by Crippen LogP contribution is -2.15. The van der Waals surface area contributed by atoms with Crippen LogP contribution in [0.2, 0.25) is 0 Å². The summed E-state index contributed by atoms with van der Waals surface area (Å²) in [6.07, 6.45) is 1.46. The quantitative estimate of drug-likeness (QED) is 0.694. The zero-order chi connectivity index (χ0) is 18.1. The zero-order valence-electron chi connectivity index (χ0n) is 13.1. The summed E-state index contributed by atoms with van der Waals surface area (Å²) in [4.78, 5) is 35.8. The monoisotopic (exact) mass is 400 g/mol. The molecule has 3 rings (SSSR count). The molecule has 1 aromatic heterocycles. The summed E-state index contributed by atoms with van der Waals surface area (Å²) in [6.45, 7) is 1.41. The first kappa shape index (κ1) is 16.9. The number of aromatic carboxylic acids is 1. The van der Waals surface area contributed by atoms with Crippen LogP contribution >= 0.6 is 15.9 Å². The molecule has 0 aliphatic heterocycles. The molecule has 6 nitrogen and oxygen atoms in total. The minimum absolute atomic E-state index is 0.0296. The molecule has 1 heterocycles. The first-order valence-electron chi connectivity index (χ1n) is 7.33. The number of carboxylic acids is 1. The molecule has 7 heteroatoms. The normalized spacial score (nSPS) is 10.6. The van der Waals surface area contributed by atoms with Crippen molar-refractivity contribution in [3.8, 4) is 0 Å². The van der Waals surface area contributed by atoms with E-state index in [1.54, 1.807) is 30.3 Å². The van der Waals surface area contributed by atoms with Gasteiger partial charge in [0.25, 0.3) is 5.91 Å². The van der Waals surface area contributed by atoms with Crippen molar-refractivity contribution in [2.24, 2.45) is 0 Å². The van der Waals surface area contributed by atoms with Gasteiger partial charge in [-0.2, -0.15) is 0 Å². The van der Waals surface area contributed by atoms with Crippen LogP contribution in [0.5, 0.6) is 0 Å². The summed E-state index contributed by atoms with van der Waals surface area (Å²) in [5, 5.41) is 12.5. The highest BCUT2D eigenvalue weighted by Gasteiger charge is 2.19. The number of halogens is 1. The Morgan fingerprint density at radius 2 is 1.80 bits per heavy atom. The van der Waals surface area contributed by atoms with Crippen LogP contribution in [0.25, 0.3) is 10.9 Å². The molecule has 0 saturated heterocycles. The van der Waals surface area contributed by atoms with Gasteiger partial charge in [0.05, 0.1) is 22.3 Å². The molecule has 2 aromatic carbocycles. The van der Waals surface area contributed by atoms with Crippen molar-refractivity contribution in [2.45, 2.75) is 6.92 Å². The maximum atomic E-state index is 12.7. The van der Waals surface area contributed by atoms with Crippen LogP contribution in [0.3, 0.4) is 0 Å². The number of benzene rings is 2. The number of para-hydroxylation sites is 1. The summed E-state index contributed by atoms with van der Waals surface area (Å²) >= 11 is 3.21. The van der Waals surface area contributed by atoms with E-state index in [4.69, 9.17) is 0 Å². The van der Waals surface area contributed by atoms with Crippen molar-refractivity contribution in [1.29, 1.82) is 0 Å². The standard InChI is InChI=1S/C18H13BrN2O4/c1-10(22)21-9-14(12-4-2-3-5-16(12)21)17(23)20-15-7-6-11(19)8-13(15)18(24)25/h2-9H,1H3,(H,20,23)(H,24,25). The molecule has 0 aliphatic rings. The molecule has 0 spiro atoms. The van der Waals surface area contributed by atoms with Gasteiger partial charge in [-0.1, -0.05) is 34.1 Å². The number of carboxylic acid groups (broad SMARTS) is 1. The van der Waals surface area contributed by atoms with Crippen molar-refractivity contribution < 1.29 is 19.5 Å². The Hall–Kier alpha value is -2.93. The average Bonchev–Trinajstić information content (AvgIpc) is 2.96. The summed E-state index contributed by atoms with van der Waals surface area (Å²) in [5.74, 6) is -1.85. The highest BCUT2D eigenvalue weighted by atomic mass is 79.9. The van der Waals surface area contributed by atoms with E-state index in [-0.39, 0.29) is 17.2 Å². The number of nitrogens with one attached hydrogen (secondary N) is 1. The van der Waals surface area contributed by atoms with Crippen LogP contribution in [0.4, 0.5) is 5.69 Å². The van der Waals surface area contributed by atoms with E-state index < -0.39 is 11.9 Å². The van der Waals surface area contributed by atoms with Crippen molar-refractivity contribution >= 4 is 50.3 Å². The van der Waals surface area contributed by atoms with Gasteiger partial charge in [-0.3, -0.25) is 14.2 Å². The Morgan fingerprint density at radius 3 is 2.48 bits per heavy atom. The molecule has 25 heavy (non-hydrogen) atoms. The molecule has 0 unspecified atom stereocenters. The van der Waals surface area contributed by atoms with E-state index >= 15 is 0 Å². The number of anilines is 1. The summed E-state index contributed by atoms with van der Waals surface area (Å²) in [7, 11) is 0. The predicted molar refractivity (Wildman–Crippen MR) is 97.3 cm³/mol. The minimum Gasteiger partial charge on any atom is -0.478 e. The molecule has 0 aliphatic carbocycles. The Labute approximate surface area is 151 Å². The van der Waals surface area contributed by atoms with E-state index in [0.29, 0.717) is 20.9 Å². The smallest absolute Gasteiger partial charge is 0.337 e. The first-order valence-corrected chi connectivity index (χ1v) is 8.13. The lowest BCUT2D eigenvalue weighted by molar-refractivity contribution is 0.0697. The Bertz CT molecular complexity index is 1020. The number of hydrogen-bond donors (Lipinski definition) is 2. The van der Waals surface area contributed by atoms with Gasteiger partial charge in [-0.15, -0.1) is 0 Å². The van der Waals surface area contributed by atoms with Gasteiger partial charge in [0.1, 0.15) is 0 Å². The van der Waals surface area contributed by atoms with Crippen molar-refractivity contribution in [1.82, 2.24) is 4.57 Å². The molecular formula is C18H13BrN2O4. The van der Waals surface area contributed by atoms with Crippen molar-refractivity contribution in [3.05, 3.63) is 64.3 Å². The van der Waals surface area contributed by atoms with E-state index in [0.717, 1.165) is 0 Å². The van der Waals surface area contributed by atoms with Crippen LogP contribution in [0.15, 0.2) is 53.1 Å².